The van der Waals surface area contributed by atoms with E-state index in [4.69, 9.17) is 0 Å². The quantitative estimate of drug-likeness (QED) is 0.676. The molecule has 0 saturated carbocycles. The molecular weight excluding hydrogens is 388 g/mol. The average Bonchev–Trinajstić information content (AvgIpc) is 2.99. The number of carbonyl (C=O) groups is 2. The Kier molecular flexibility index (Phi) is 6.90. The van der Waals surface area contributed by atoms with E-state index < -0.39 is 15.8 Å². The zero-order chi connectivity index (χ0) is 21.0. The van der Waals surface area contributed by atoms with Crippen molar-refractivity contribution in [3.05, 3.63) is 46.0 Å². The van der Waals surface area contributed by atoms with Crippen LogP contribution in [0.15, 0.2) is 34.9 Å². The third-order valence-corrected chi connectivity index (χ3v) is 7.46. The van der Waals surface area contributed by atoms with Gasteiger partial charge in [0, 0.05) is 37.3 Å². The van der Waals surface area contributed by atoms with E-state index in [1.54, 1.807) is 24.3 Å². The van der Waals surface area contributed by atoms with Gasteiger partial charge in [0.15, 0.2) is 4.91 Å². The van der Waals surface area contributed by atoms with Crippen LogP contribution >= 0.6 is 0 Å². The van der Waals surface area contributed by atoms with E-state index >= 15 is 0 Å². The van der Waals surface area contributed by atoms with Crippen LogP contribution in [0.5, 0.6) is 0 Å². The molecule has 1 aromatic rings. The van der Waals surface area contributed by atoms with Crippen molar-refractivity contribution in [1.29, 1.82) is 0 Å². The number of Topliss-reactive ketones (excluding diaryl/α,β-unsaturated/α-hetero) is 2. The Labute approximate surface area is 173 Å². The van der Waals surface area contributed by atoms with Gasteiger partial charge in [-0.3, -0.25) is 9.59 Å². The van der Waals surface area contributed by atoms with Crippen LogP contribution in [0.2, 0.25) is 0 Å². The monoisotopic (exact) mass is 418 g/mol. The van der Waals surface area contributed by atoms with E-state index in [-0.39, 0.29) is 21.9 Å². The minimum absolute atomic E-state index is 0.0767. The summed E-state index contributed by atoms with van der Waals surface area (Å²) in [6.07, 6.45) is 5.14. The molecule has 1 aliphatic heterocycles. The Morgan fingerprint density at radius 2 is 1.38 bits per heavy atom. The van der Waals surface area contributed by atoms with Crippen molar-refractivity contribution in [1.82, 2.24) is 9.21 Å². The number of ketones is 2. The van der Waals surface area contributed by atoms with Crippen LogP contribution in [0, 0.1) is 0 Å². The lowest BCUT2D eigenvalue weighted by molar-refractivity contribution is 0.0946. The highest BCUT2D eigenvalue weighted by molar-refractivity contribution is 7.94. The standard InChI is InChI=1S/C22H30N2O4S/c1-3-13-24(14-4-2)29(27,28)22-19(23-15-9-5-6-10-16-23)20(25)17-11-7-8-12-18(17)21(22)26/h7-8,11-12H,3-6,9-10,13-16H2,1-2H3. The fourth-order valence-corrected chi connectivity index (χ4v) is 6.05. The maximum absolute atomic E-state index is 13.6. The molecule has 0 N–H and O–H groups in total. The number of likely N-dealkylation sites (tertiary alicyclic amines) is 1. The number of rotatable bonds is 7. The maximum atomic E-state index is 13.6. The first-order valence-electron chi connectivity index (χ1n) is 10.6. The van der Waals surface area contributed by atoms with Gasteiger partial charge in [0.05, 0.1) is 0 Å². The van der Waals surface area contributed by atoms with Crippen LogP contribution in [0.25, 0.3) is 0 Å². The summed E-state index contributed by atoms with van der Waals surface area (Å²) in [7, 11) is -4.08. The van der Waals surface area contributed by atoms with Gasteiger partial charge >= 0.3 is 0 Å². The zero-order valence-corrected chi connectivity index (χ0v) is 18.1. The Morgan fingerprint density at radius 3 is 1.90 bits per heavy atom. The normalized spacial score (nSPS) is 18.2. The Hall–Kier alpha value is -1.99. The van der Waals surface area contributed by atoms with Crippen molar-refractivity contribution >= 4 is 21.6 Å². The fourth-order valence-electron chi connectivity index (χ4n) is 4.14. The number of sulfonamides is 1. The van der Waals surface area contributed by atoms with Crippen molar-refractivity contribution in [2.24, 2.45) is 0 Å². The van der Waals surface area contributed by atoms with E-state index in [1.165, 1.54) is 4.31 Å². The summed E-state index contributed by atoms with van der Waals surface area (Å²) in [4.78, 5) is 28.4. The molecule has 1 aliphatic carbocycles. The largest absolute Gasteiger partial charge is 0.367 e. The summed E-state index contributed by atoms with van der Waals surface area (Å²) >= 11 is 0. The molecule has 0 atom stereocenters. The first-order valence-corrected chi connectivity index (χ1v) is 12.0. The van der Waals surface area contributed by atoms with Crippen molar-refractivity contribution < 1.29 is 18.0 Å². The van der Waals surface area contributed by atoms with Crippen LogP contribution in [-0.4, -0.2) is 55.4 Å². The molecule has 1 heterocycles. The van der Waals surface area contributed by atoms with E-state index in [1.807, 2.05) is 18.7 Å². The van der Waals surface area contributed by atoms with Gasteiger partial charge in [-0.1, -0.05) is 51.0 Å². The molecule has 0 amide bonds. The van der Waals surface area contributed by atoms with E-state index in [9.17, 15) is 18.0 Å². The van der Waals surface area contributed by atoms with Gasteiger partial charge in [-0.2, -0.15) is 4.31 Å². The third-order valence-electron chi connectivity index (χ3n) is 5.52. The second-order valence-corrected chi connectivity index (χ2v) is 9.56. The lowest BCUT2D eigenvalue weighted by Gasteiger charge is -2.32. The van der Waals surface area contributed by atoms with E-state index in [2.05, 4.69) is 0 Å². The van der Waals surface area contributed by atoms with Gasteiger partial charge in [-0.25, -0.2) is 8.42 Å². The highest BCUT2D eigenvalue weighted by atomic mass is 32.2. The Balaban J connectivity index is 2.21. The van der Waals surface area contributed by atoms with Gasteiger partial charge in [-0.15, -0.1) is 0 Å². The first kappa shape index (κ1) is 21.7. The molecule has 0 aromatic heterocycles. The number of hydrogen-bond acceptors (Lipinski definition) is 5. The van der Waals surface area contributed by atoms with Crippen LogP contribution in [0.4, 0.5) is 0 Å². The number of hydrogen-bond donors (Lipinski definition) is 0. The third kappa shape index (κ3) is 4.16. The van der Waals surface area contributed by atoms with Gasteiger partial charge in [-0.05, 0) is 25.7 Å². The van der Waals surface area contributed by atoms with Crippen molar-refractivity contribution in [2.45, 2.75) is 52.4 Å². The lowest BCUT2D eigenvalue weighted by atomic mass is 9.91. The maximum Gasteiger partial charge on any atom is 0.249 e. The fraction of sp³-hybridized carbons (Fsp3) is 0.545. The van der Waals surface area contributed by atoms with Crippen LogP contribution in [-0.2, 0) is 10.0 Å². The molecule has 0 radical (unpaired) electrons. The van der Waals surface area contributed by atoms with Crippen LogP contribution in [0.1, 0.15) is 73.1 Å². The zero-order valence-electron chi connectivity index (χ0n) is 17.3. The van der Waals surface area contributed by atoms with Gasteiger partial charge in [0.2, 0.25) is 21.6 Å². The molecule has 7 heteroatoms. The summed E-state index contributed by atoms with van der Waals surface area (Å²) in [5.74, 6) is -0.912. The summed E-state index contributed by atoms with van der Waals surface area (Å²) in [6.45, 7) is 5.66. The predicted molar refractivity (Wildman–Crippen MR) is 113 cm³/mol. The molecule has 3 rings (SSSR count). The highest BCUT2D eigenvalue weighted by Gasteiger charge is 2.43. The molecule has 0 unspecified atom stereocenters. The molecule has 6 nitrogen and oxygen atoms in total. The Morgan fingerprint density at radius 1 is 0.862 bits per heavy atom. The minimum Gasteiger partial charge on any atom is -0.367 e. The van der Waals surface area contributed by atoms with E-state index in [0.717, 1.165) is 25.7 Å². The molecule has 158 valence electrons. The molecule has 0 spiro atoms. The smallest absolute Gasteiger partial charge is 0.249 e. The van der Waals surface area contributed by atoms with Crippen LogP contribution in [0.3, 0.4) is 0 Å². The number of allylic oxidation sites excluding steroid dienone is 2. The van der Waals surface area contributed by atoms with E-state index in [0.29, 0.717) is 44.6 Å². The minimum atomic E-state index is -4.08. The molecule has 29 heavy (non-hydrogen) atoms. The average molecular weight is 419 g/mol. The van der Waals surface area contributed by atoms with Crippen molar-refractivity contribution in [3.63, 3.8) is 0 Å². The molecule has 2 aliphatic rings. The molecule has 1 saturated heterocycles. The number of fused-ring (bicyclic) bond motifs is 1. The van der Waals surface area contributed by atoms with Crippen molar-refractivity contribution in [2.75, 3.05) is 26.2 Å². The Bertz CT molecular complexity index is 906. The number of carbonyl (C=O) groups excluding carboxylic acids is 2. The SMILES string of the molecule is CCCN(CCC)S(=O)(=O)C1=C(N2CCCCCC2)C(=O)c2ccccc2C1=O. The topological polar surface area (TPSA) is 74.8 Å². The summed E-state index contributed by atoms with van der Waals surface area (Å²) < 4.78 is 28.6. The summed E-state index contributed by atoms with van der Waals surface area (Å²) in [6, 6.07) is 6.55. The molecule has 0 bridgehead atoms. The number of nitrogens with zero attached hydrogens (tertiary/aromatic N) is 2. The lowest BCUT2D eigenvalue weighted by Crippen LogP contribution is -2.42. The molecule has 1 fully saturated rings. The van der Waals surface area contributed by atoms with Gasteiger partial charge < -0.3 is 4.90 Å². The predicted octanol–water partition coefficient (Wildman–Crippen LogP) is 3.61. The van der Waals surface area contributed by atoms with Crippen molar-refractivity contribution in [3.8, 4) is 0 Å². The molecular formula is C22H30N2O4S. The van der Waals surface area contributed by atoms with Crippen LogP contribution < -0.4 is 0 Å². The first-order chi connectivity index (χ1) is 13.9. The second kappa shape index (κ2) is 9.22. The highest BCUT2D eigenvalue weighted by Crippen LogP contribution is 2.34. The second-order valence-electron chi connectivity index (χ2n) is 7.69. The van der Waals surface area contributed by atoms with Gasteiger partial charge in [0.1, 0.15) is 5.70 Å². The van der Waals surface area contributed by atoms with Gasteiger partial charge in [0.25, 0.3) is 0 Å². The summed E-state index contributed by atoms with van der Waals surface area (Å²) in [5.41, 5.74) is 0.559. The molecule has 1 aromatic carbocycles. The number of benzene rings is 1. The summed E-state index contributed by atoms with van der Waals surface area (Å²) in [5, 5.41) is 0.